The fraction of sp³-hybridized carbons (Fsp3) is 0.312. The molecule has 0 fully saturated rings. The molecule has 1 amide bonds. The van der Waals surface area contributed by atoms with Crippen molar-refractivity contribution in [3.63, 3.8) is 0 Å². The van der Waals surface area contributed by atoms with Crippen LogP contribution in [-0.4, -0.2) is 18.7 Å². The summed E-state index contributed by atoms with van der Waals surface area (Å²) in [5, 5.41) is 3.95. The fourth-order valence-electron chi connectivity index (χ4n) is 1.89. The number of hydrazine groups is 1. The van der Waals surface area contributed by atoms with E-state index in [1.54, 1.807) is 12.1 Å². The Hall–Kier alpha value is -2.23. The van der Waals surface area contributed by atoms with Crippen molar-refractivity contribution in [2.45, 2.75) is 26.4 Å². The Balaban J connectivity index is 2.11. The summed E-state index contributed by atoms with van der Waals surface area (Å²) in [4.78, 5) is 11.7. The summed E-state index contributed by atoms with van der Waals surface area (Å²) >= 11 is 0. The van der Waals surface area contributed by atoms with E-state index in [-0.39, 0.29) is 0 Å². The molecule has 2 aromatic rings. The molecule has 0 unspecified atom stereocenters. The number of anilines is 1. The number of nitrogens with zero attached hydrogens (tertiary/aromatic N) is 1. The number of benzene rings is 2. The van der Waals surface area contributed by atoms with E-state index in [1.165, 1.54) is 5.39 Å². The van der Waals surface area contributed by atoms with Crippen molar-refractivity contribution >= 4 is 22.6 Å². The Labute approximate surface area is 119 Å². The molecule has 2 aromatic carbocycles. The standard InChI is InChI=1S/C16H20N2O2/c1-16(2,3)20-15(19)17-18(4)14-10-9-12-7-5-6-8-13(12)11-14/h5-11H,1-4H3,(H,17,19). The van der Waals surface area contributed by atoms with Crippen molar-refractivity contribution in [2.75, 3.05) is 12.1 Å². The van der Waals surface area contributed by atoms with Crippen LogP contribution in [0.15, 0.2) is 42.5 Å². The molecule has 1 N–H and O–H groups in total. The number of ether oxygens (including phenoxy) is 1. The second-order valence-electron chi connectivity index (χ2n) is 5.70. The first-order valence-corrected chi connectivity index (χ1v) is 6.57. The summed E-state index contributed by atoms with van der Waals surface area (Å²) in [6.07, 6.45) is -0.465. The zero-order chi connectivity index (χ0) is 14.8. The first kappa shape index (κ1) is 14.2. The van der Waals surface area contributed by atoms with E-state index in [0.29, 0.717) is 0 Å². The molecule has 0 bridgehead atoms. The Morgan fingerprint density at radius 3 is 2.40 bits per heavy atom. The number of nitrogens with one attached hydrogen (secondary N) is 1. The fourth-order valence-corrected chi connectivity index (χ4v) is 1.89. The van der Waals surface area contributed by atoms with Crippen molar-refractivity contribution in [3.05, 3.63) is 42.5 Å². The third-order valence-corrected chi connectivity index (χ3v) is 2.78. The van der Waals surface area contributed by atoms with Gasteiger partial charge in [0.25, 0.3) is 0 Å². The highest BCUT2D eigenvalue weighted by atomic mass is 16.6. The van der Waals surface area contributed by atoms with Gasteiger partial charge in [-0.15, -0.1) is 0 Å². The summed E-state index contributed by atoms with van der Waals surface area (Å²) < 4.78 is 5.23. The van der Waals surface area contributed by atoms with Crippen LogP contribution < -0.4 is 10.4 Å². The molecule has 106 valence electrons. The lowest BCUT2D eigenvalue weighted by atomic mass is 10.1. The molecule has 4 heteroatoms. The number of carbonyl (C=O) groups is 1. The van der Waals surface area contributed by atoms with Gasteiger partial charge in [0.2, 0.25) is 0 Å². The number of carbonyl (C=O) groups excluding carboxylic acids is 1. The lowest BCUT2D eigenvalue weighted by molar-refractivity contribution is 0.0524. The summed E-state index contributed by atoms with van der Waals surface area (Å²) in [6.45, 7) is 5.51. The van der Waals surface area contributed by atoms with Gasteiger partial charge in [0.15, 0.2) is 0 Å². The van der Waals surface area contributed by atoms with Gasteiger partial charge in [-0.1, -0.05) is 30.3 Å². The molecule has 20 heavy (non-hydrogen) atoms. The third kappa shape index (κ3) is 3.63. The molecule has 0 saturated carbocycles. The van der Waals surface area contributed by atoms with Gasteiger partial charge in [0.1, 0.15) is 5.60 Å². The largest absolute Gasteiger partial charge is 0.443 e. The van der Waals surface area contributed by atoms with E-state index in [9.17, 15) is 4.79 Å². The average Bonchev–Trinajstić information content (AvgIpc) is 2.35. The molecule has 0 saturated heterocycles. The topological polar surface area (TPSA) is 41.6 Å². The van der Waals surface area contributed by atoms with Gasteiger partial charge in [0.05, 0.1) is 5.69 Å². The average molecular weight is 272 g/mol. The highest BCUT2D eigenvalue weighted by Gasteiger charge is 2.17. The van der Waals surface area contributed by atoms with Crippen LogP contribution in [0.4, 0.5) is 10.5 Å². The Morgan fingerprint density at radius 1 is 1.10 bits per heavy atom. The van der Waals surface area contributed by atoms with Gasteiger partial charge in [-0.3, -0.25) is 5.01 Å². The number of rotatable bonds is 2. The van der Waals surface area contributed by atoms with Gasteiger partial charge >= 0.3 is 6.09 Å². The molecule has 0 aliphatic rings. The number of hydrogen-bond acceptors (Lipinski definition) is 3. The minimum absolute atomic E-state index is 0.465. The Morgan fingerprint density at radius 2 is 1.75 bits per heavy atom. The van der Waals surface area contributed by atoms with Gasteiger partial charge in [0, 0.05) is 7.05 Å². The van der Waals surface area contributed by atoms with Gasteiger partial charge in [-0.05, 0) is 43.7 Å². The van der Waals surface area contributed by atoms with Crippen molar-refractivity contribution in [1.82, 2.24) is 5.43 Å². The maximum absolute atomic E-state index is 11.7. The molecule has 2 rings (SSSR count). The van der Waals surface area contributed by atoms with Crippen LogP contribution in [0.2, 0.25) is 0 Å². The van der Waals surface area contributed by atoms with Crippen LogP contribution in [-0.2, 0) is 4.74 Å². The van der Waals surface area contributed by atoms with Crippen LogP contribution >= 0.6 is 0 Å². The maximum Gasteiger partial charge on any atom is 0.426 e. The van der Waals surface area contributed by atoms with Crippen molar-refractivity contribution < 1.29 is 9.53 Å². The van der Waals surface area contributed by atoms with E-state index < -0.39 is 11.7 Å². The SMILES string of the molecule is CN(NC(=O)OC(C)(C)C)c1ccc2ccccc2c1. The molecule has 0 heterocycles. The molecule has 0 aliphatic carbocycles. The van der Waals surface area contributed by atoms with Crippen LogP contribution in [0.3, 0.4) is 0 Å². The second kappa shape index (κ2) is 5.41. The van der Waals surface area contributed by atoms with Crippen LogP contribution in [0.25, 0.3) is 10.8 Å². The number of fused-ring (bicyclic) bond motifs is 1. The molecule has 4 nitrogen and oxygen atoms in total. The minimum atomic E-state index is -0.506. The van der Waals surface area contributed by atoms with E-state index in [0.717, 1.165) is 11.1 Å². The smallest absolute Gasteiger partial charge is 0.426 e. The highest BCUT2D eigenvalue weighted by molar-refractivity contribution is 5.86. The van der Waals surface area contributed by atoms with Crippen molar-refractivity contribution in [2.24, 2.45) is 0 Å². The normalized spacial score (nSPS) is 11.2. The van der Waals surface area contributed by atoms with Crippen LogP contribution in [0.5, 0.6) is 0 Å². The molecule has 0 aliphatic heterocycles. The van der Waals surface area contributed by atoms with Crippen molar-refractivity contribution in [1.29, 1.82) is 0 Å². The molecular formula is C16H20N2O2. The Kier molecular flexibility index (Phi) is 3.84. The second-order valence-corrected chi connectivity index (χ2v) is 5.70. The van der Waals surface area contributed by atoms with Gasteiger partial charge in [-0.25, -0.2) is 10.2 Å². The van der Waals surface area contributed by atoms with E-state index in [4.69, 9.17) is 4.74 Å². The summed E-state index contributed by atoms with van der Waals surface area (Å²) in [7, 11) is 1.79. The first-order valence-electron chi connectivity index (χ1n) is 6.57. The lowest BCUT2D eigenvalue weighted by Crippen LogP contribution is -2.42. The van der Waals surface area contributed by atoms with E-state index in [2.05, 4.69) is 11.5 Å². The zero-order valence-electron chi connectivity index (χ0n) is 12.3. The lowest BCUT2D eigenvalue weighted by Gasteiger charge is -2.24. The first-order chi connectivity index (χ1) is 9.35. The van der Waals surface area contributed by atoms with Gasteiger partial charge < -0.3 is 4.74 Å². The molecule has 0 aromatic heterocycles. The van der Waals surface area contributed by atoms with E-state index >= 15 is 0 Å². The number of amides is 1. The monoisotopic (exact) mass is 272 g/mol. The summed E-state index contributed by atoms with van der Waals surface area (Å²) in [6, 6.07) is 14.1. The quantitative estimate of drug-likeness (QED) is 0.847. The van der Waals surface area contributed by atoms with E-state index in [1.807, 2.05) is 57.2 Å². The summed E-state index contributed by atoms with van der Waals surface area (Å²) in [5.41, 5.74) is 3.08. The van der Waals surface area contributed by atoms with Crippen LogP contribution in [0, 0.1) is 0 Å². The predicted octanol–water partition coefficient (Wildman–Crippen LogP) is 3.72. The molecule has 0 atom stereocenters. The maximum atomic E-state index is 11.7. The minimum Gasteiger partial charge on any atom is -0.443 e. The van der Waals surface area contributed by atoms with Crippen molar-refractivity contribution in [3.8, 4) is 0 Å². The number of hydrogen-bond donors (Lipinski definition) is 1. The highest BCUT2D eigenvalue weighted by Crippen LogP contribution is 2.20. The zero-order valence-corrected chi connectivity index (χ0v) is 12.3. The third-order valence-electron chi connectivity index (χ3n) is 2.78. The Bertz CT molecular complexity index is 617. The molecular weight excluding hydrogens is 252 g/mol. The van der Waals surface area contributed by atoms with Gasteiger partial charge in [-0.2, -0.15) is 0 Å². The molecule has 0 radical (unpaired) electrons. The predicted molar refractivity (Wildman–Crippen MR) is 81.7 cm³/mol. The summed E-state index contributed by atoms with van der Waals surface area (Å²) in [5.74, 6) is 0. The van der Waals surface area contributed by atoms with Crippen LogP contribution in [0.1, 0.15) is 20.8 Å². The molecule has 0 spiro atoms.